The Kier molecular flexibility index (Phi) is 5.20. The van der Waals surface area contributed by atoms with Crippen molar-refractivity contribution in [3.8, 4) is 0 Å². The molecule has 0 aromatic heterocycles. The number of rotatable bonds is 2. The minimum atomic E-state index is -1.20. The molecule has 1 aliphatic rings. The van der Waals surface area contributed by atoms with Crippen molar-refractivity contribution >= 4 is 11.9 Å². The lowest BCUT2D eigenvalue weighted by Gasteiger charge is -2.33. The number of carbonyl (C=O) groups excluding carboxylic acids is 2. The third-order valence-corrected chi connectivity index (χ3v) is 3.77. The summed E-state index contributed by atoms with van der Waals surface area (Å²) in [7, 11) is 0. The van der Waals surface area contributed by atoms with Crippen molar-refractivity contribution in [1.82, 2.24) is 4.90 Å². The molecule has 0 bridgehead atoms. The minimum Gasteiger partial charge on any atom is -0.444 e. The lowest BCUT2D eigenvalue weighted by atomic mass is 9.88. The normalized spacial score (nSPS) is 16.2. The average molecular weight is 343 g/mol. The van der Waals surface area contributed by atoms with Gasteiger partial charge in [-0.2, -0.15) is 0 Å². The number of Topliss-reactive ketones (excluding diaryl/α,β-unsaturated/α-hetero) is 1. The number of nitrogens with zero attached hydrogens (tertiary/aromatic N) is 1. The summed E-state index contributed by atoms with van der Waals surface area (Å²) in [5.74, 6) is -4.78. The number of ketones is 1. The van der Waals surface area contributed by atoms with Crippen LogP contribution in [0.1, 0.15) is 44.0 Å². The lowest BCUT2D eigenvalue weighted by Crippen LogP contribution is -2.43. The van der Waals surface area contributed by atoms with Crippen LogP contribution >= 0.6 is 0 Å². The van der Waals surface area contributed by atoms with Gasteiger partial charge in [0.05, 0.1) is 5.56 Å². The summed E-state index contributed by atoms with van der Waals surface area (Å²) in [4.78, 5) is 25.7. The van der Waals surface area contributed by atoms with E-state index < -0.39 is 46.4 Å². The van der Waals surface area contributed by atoms with Crippen LogP contribution in [0.15, 0.2) is 12.1 Å². The number of benzene rings is 1. The minimum absolute atomic E-state index is 0.260. The Labute approximate surface area is 138 Å². The second-order valence-corrected chi connectivity index (χ2v) is 6.85. The van der Waals surface area contributed by atoms with Gasteiger partial charge in [0.1, 0.15) is 23.1 Å². The maximum absolute atomic E-state index is 13.7. The Hall–Kier alpha value is -2.05. The fourth-order valence-corrected chi connectivity index (χ4v) is 2.63. The third-order valence-electron chi connectivity index (χ3n) is 3.77. The number of ether oxygens (including phenoxy) is 1. The van der Waals surface area contributed by atoms with Crippen LogP contribution in [0.5, 0.6) is 0 Å². The highest BCUT2D eigenvalue weighted by Gasteiger charge is 2.32. The van der Waals surface area contributed by atoms with Crippen LogP contribution in [0.3, 0.4) is 0 Å². The Morgan fingerprint density at radius 2 is 1.58 bits per heavy atom. The fraction of sp³-hybridized carbons (Fsp3) is 0.529. The summed E-state index contributed by atoms with van der Waals surface area (Å²) < 4.78 is 45.6. The predicted molar refractivity (Wildman–Crippen MR) is 81.2 cm³/mol. The van der Waals surface area contributed by atoms with Crippen molar-refractivity contribution < 1.29 is 27.5 Å². The molecule has 1 aliphatic heterocycles. The highest BCUT2D eigenvalue weighted by Crippen LogP contribution is 2.26. The van der Waals surface area contributed by atoms with E-state index in [4.69, 9.17) is 4.74 Å². The second kappa shape index (κ2) is 6.83. The van der Waals surface area contributed by atoms with Gasteiger partial charge in [-0.15, -0.1) is 0 Å². The molecule has 0 unspecified atom stereocenters. The van der Waals surface area contributed by atoms with E-state index in [1.54, 1.807) is 20.8 Å². The Morgan fingerprint density at radius 3 is 2.04 bits per heavy atom. The van der Waals surface area contributed by atoms with Gasteiger partial charge >= 0.3 is 6.09 Å². The van der Waals surface area contributed by atoms with E-state index in [2.05, 4.69) is 0 Å². The van der Waals surface area contributed by atoms with Gasteiger partial charge in [-0.1, -0.05) is 0 Å². The highest BCUT2D eigenvalue weighted by molar-refractivity contribution is 5.98. The largest absolute Gasteiger partial charge is 0.444 e. The van der Waals surface area contributed by atoms with Crippen LogP contribution in [0.25, 0.3) is 0 Å². The number of likely N-dealkylation sites (tertiary alicyclic amines) is 1. The third kappa shape index (κ3) is 4.27. The van der Waals surface area contributed by atoms with Gasteiger partial charge in [0, 0.05) is 31.1 Å². The zero-order chi connectivity index (χ0) is 18.1. The molecule has 24 heavy (non-hydrogen) atoms. The Bertz CT molecular complexity index is 624. The molecule has 4 nitrogen and oxygen atoms in total. The summed E-state index contributed by atoms with van der Waals surface area (Å²) >= 11 is 0. The van der Waals surface area contributed by atoms with Crippen LogP contribution in [0.4, 0.5) is 18.0 Å². The molecular formula is C17H20F3NO3. The zero-order valence-electron chi connectivity index (χ0n) is 13.9. The molecule has 1 aromatic rings. The van der Waals surface area contributed by atoms with E-state index in [0.29, 0.717) is 12.1 Å². The van der Waals surface area contributed by atoms with E-state index in [1.807, 2.05) is 0 Å². The summed E-state index contributed by atoms with van der Waals surface area (Å²) in [6.07, 6.45) is 0.0652. The quantitative estimate of drug-likeness (QED) is 0.764. The average Bonchev–Trinajstić information content (AvgIpc) is 2.44. The van der Waals surface area contributed by atoms with Gasteiger partial charge in [0.15, 0.2) is 5.78 Å². The molecule has 0 spiro atoms. The van der Waals surface area contributed by atoms with Crippen molar-refractivity contribution in [2.45, 2.75) is 39.2 Å². The summed E-state index contributed by atoms with van der Waals surface area (Å²) in [5.41, 5.74) is -1.34. The molecular weight excluding hydrogens is 323 g/mol. The molecule has 1 amide bonds. The Balaban J connectivity index is 2.02. The zero-order valence-corrected chi connectivity index (χ0v) is 13.9. The molecule has 0 aliphatic carbocycles. The number of carbonyl (C=O) groups is 2. The number of hydrogen-bond donors (Lipinski definition) is 0. The number of amides is 1. The molecule has 0 atom stereocenters. The molecule has 0 radical (unpaired) electrons. The summed E-state index contributed by atoms with van der Waals surface area (Å²) in [5, 5.41) is 0. The standard InChI is InChI=1S/C17H20F3NO3/c1-17(2,3)24-16(23)21-6-4-10(5-7-21)15(22)14-12(19)8-11(18)9-13(14)20/h8-10H,4-7H2,1-3H3. The van der Waals surface area contributed by atoms with Gasteiger partial charge in [-0.05, 0) is 33.6 Å². The fourth-order valence-electron chi connectivity index (χ4n) is 2.63. The first-order valence-electron chi connectivity index (χ1n) is 7.75. The van der Waals surface area contributed by atoms with Gasteiger partial charge in [-0.3, -0.25) is 4.79 Å². The van der Waals surface area contributed by atoms with Crippen LogP contribution in [0.2, 0.25) is 0 Å². The maximum Gasteiger partial charge on any atom is 0.410 e. The van der Waals surface area contributed by atoms with E-state index in [-0.39, 0.29) is 25.9 Å². The number of hydrogen-bond acceptors (Lipinski definition) is 3. The van der Waals surface area contributed by atoms with Gasteiger partial charge < -0.3 is 9.64 Å². The van der Waals surface area contributed by atoms with Gasteiger partial charge in [0.2, 0.25) is 0 Å². The summed E-state index contributed by atoms with van der Waals surface area (Å²) in [6, 6.07) is 0.984. The molecule has 7 heteroatoms. The van der Waals surface area contributed by atoms with Gasteiger partial charge in [0.25, 0.3) is 0 Å². The topological polar surface area (TPSA) is 46.6 Å². The number of piperidine rings is 1. The van der Waals surface area contributed by atoms with Gasteiger partial charge in [-0.25, -0.2) is 18.0 Å². The lowest BCUT2D eigenvalue weighted by molar-refractivity contribution is 0.0181. The molecule has 1 fully saturated rings. The van der Waals surface area contributed by atoms with E-state index in [1.165, 1.54) is 4.90 Å². The molecule has 132 valence electrons. The molecule has 1 heterocycles. The molecule has 0 N–H and O–H groups in total. The number of halogens is 3. The van der Waals surface area contributed by atoms with Crippen molar-refractivity contribution in [3.63, 3.8) is 0 Å². The van der Waals surface area contributed by atoms with Crippen molar-refractivity contribution in [2.75, 3.05) is 13.1 Å². The highest BCUT2D eigenvalue weighted by atomic mass is 19.1. The molecule has 2 rings (SSSR count). The van der Waals surface area contributed by atoms with Crippen molar-refractivity contribution in [1.29, 1.82) is 0 Å². The smallest absolute Gasteiger partial charge is 0.410 e. The maximum atomic E-state index is 13.7. The van der Waals surface area contributed by atoms with E-state index >= 15 is 0 Å². The first-order valence-corrected chi connectivity index (χ1v) is 7.75. The monoisotopic (exact) mass is 343 g/mol. The van der Waals surface area contributed by atoms with Crippen molar-refractivity contribution in [3.05, 3.63) is 35.1 Å². The Morgan fingerprint density at radius 1 is 1.08 bits per heavy atom. The van der Waals surface area contributed by atoms with Crippen LogP contribution in [-0.4, -0.2) is 35.5 Å². The van der Waals surface area contributed by atoms with E-state index in [9.17, 15) is 22.8 Å². The predicted octanol–water partition coefficient (Wildman–Crippen LogP) is 3.93. The second-order valence-electron chi connectivity index (χ2n) is 6.85. The van der Waals surface area contributed by atoms with Crippen LogP contribution in [0, 0.1) is 23.4 Å². The first kappa shape index (κ1) is 18.3. The van der Waals surface area contributed by atoms with E-state index in [0.717, 1.165) is 0 Å². The molecule has 0 saturated carbocycles. The van der Waals surface area contributed by atoms with Crippen LogP contribution in [-0.2, 0) is 4.74 Å². The molecule has 1 aromatic carbocycles. The first-order chi connectivity index (χ1) is 11.1. The SMILES string of the molecule is CC(C)(C)OC(=O)N1CCC(C(=O)c2c(F)cc(F)cc2F)CC1. The van der Waals surface area contributed by atoms with Crippen molar-refractivity contribution in [2.24, 2.45) is 5.92 Å². The summed E-state index contributed by atoms with van der Waals surface area (Å²) in [6.45, 7) is 5.77. The van der Waals surface area contributed by atoms with Crippen LogP contribution < -0.4 is 0 Å². The molecule has 1 saturated heterocycles.